The molecule has 0 bridgehead atoms. The van der Waals surface area contributed by atoms with Crippen molar-refractivity contribution in [2.24, 2.45) is 0 Å². The lowest BCUT2D eigenvalue weighted by molar-refractivity contribution is -0.145. The Morgan fingerprint density at radius 2 is 1.86 bits per heavy atom. The first-order chi connectivity index (χ1) is 6.66. The highest BCUT2D eigenvalue weighted by atomic mass is 16.5. The van der Waals surface area contributed by atoms with Gasteiger partial charge in [-0.2, -0.15) is 0 Å². The van der Waals surface area contributed by atoms with Gasteiger partial charge in [-0.3, -0.25) is 4.79 Å². The number of rotatable bonds is 8. The molecule has 0 N–H and O–H groups in total. The zero-order valence-corrected chi connectivity index (χ0v) is 10.1. The van der Waals surface area contributed by atoms with Gasteiger partial charge in [-0.15, -0.1) is 0 Å². The van der Waals surface area contributed by atoms with Crippen molar-refractivity contribution in [2.45, 2.75) is 65.4 Å². The Morgan fingerprint density at radius 3 is 2.21 bits per heavy atom. The number of carbonyl (C=O) groups is 1. The van der Waals surface area contributed by atoms with Gasteiger partial charge in [0.1, 0.15) is 5.60 Å². The molecule has 84 valence electrons. The van der Waals surface area contributed by atoms with Crippen LogP contribution in [0.1, 0.15) is 59.8 Å². The molecule has 0 aliphatic rings. The Kier molecular flexibility index (Phi) is 6.81. The molecular weight excluding hydrogens is 176 g/mol. The topological polar surface area (TPSA) is 26.3 Å². The highest BCUT2D eigenvalue weighted by Gasteiger charge is 2.34. The third kappa shape index (κ3) is 3.41. The van der Waals surface area contributed by atoms with Crippen LogP contribution in [0.4, 0.5) is 0 Å². The number of unbranched alkanes of at least 4 members (excludes halogenated alkanes) is 1. The van der Waals surface area contributed by atoms with Crippen molar-refractivity contribution in [2.75, 3.05) is 6.61 Å². The maximum Gasteiger partial charge on any atom is 0.164 e. The molecule has 0 aromatic carbocycles. The van der Waals surface area contributed by atoms with Gasteiger partial charge >= 0.3 is 0 Å². The second kappa shape index (κ2) is 6.99. The van der Waals surface area contributed by atoms with E-state index in [0.717, 1.165) is 25.7 Å². The summed E-state index contributed by atoms with van der Waals surface area (Å²) in [5.74, 6) is 0.260. The first-order valence-electron chi connectivity index (χ1n) is 5.84. The zero-order chi connectivity index (χ0) is 11.0. The number of carbonyl (C=O) groups excluding carboxylic acids is 1. The number of ketones is 1. The predicted octanol–water partition coefficient (Wildman–Crippen LogP) is 3.34. The van der Waals surface area contributed by atoms with Crippen LogP contribution in [-0.2, 0) is 9.53 Å². The van der Waals surface area contributed by atoms with Crippen molar-refractivity contribution in [3.8, 4) is 0 Å². The van der Waals surface area contributed by atoms with Crippen LogP contribution in [0.3, 0.4) is 0 Å². The van der Waals surface area contributed by atoms with Gasteiger partial charge in [-0.25, -0.2) is 0 Å². The summed E-state index contributed by atoms with van der Waals surface area (Å²) in [5, 5.41) is 0. The predicted molar refractivity (Wildman–Crippen MR) is 59.5 cm³/mol. The van der Waals surface area contributed by atoms with Crippen LogP contribution in [0, 0.1) is 0 Å². The summed E-state index contributed by atoms with van der Waals surface area (Å²) in [5.41, 5.74) is -0.487. The molecule has 1 unspecified atom stereocenters. The average Bonchev–Trinajstić information content (AvgIpc) is 2.23. The third-order valence-corrected chi connectivity index (χ3v) is 2.76. The van der Waals surface area contributed by atoms with E-state index < -0.39 is 5.60 Å². The summed E-state index contributed by atoms with van der Waals surface area (Å²) >= 11 is 0. The monoisotopic (exact) mass is 200 g/mol. The fourth-order valence-corrected chi connectivity index (χ4v) is 1.83. The summed E-state index contributed by atoms with van der Waals surface area (Å²) < 4.78 is 5.68. The Hall–Kier alpha value is -0.370. The zero-order valence-electron chi connectivity index (χ0n) is 10.1. The Labute approximate surface area is 88.0 Å². The molecule has 0 saturated heterocycles. The summed E-state index contributed by atoms with van der Waals surface area (Å²) in [6, 6.07) is 0. The van der Waals surface area contributed by atoms with Crippen LogP contribution in [0.25, 0.3) is 0 Å². The minimum Gasteiger partial charge on any atom is -0.368 e. The SMILES string of the molecule is CCCCC(CC)(OCC)C(=O)CC. The van der Waals surface area contributed by atoms with Gasteiger partial charge in [-0.05, 0) is 19.8 Å². The summed E-state index contributed by atoms with van der Waals surface area (Å²) in [6.07, 6.45) is 4.44. The van der Waals surface area contributed by atoms with Gasteiger partial charge < -0.3 is 4.74 Å². The van der Waals surface area contributed by atoms with Crippen molar-refractivity contribution in [3.05, 3.63) is 0 Å². The van der Waals surface area contributed by atoms with Crippen LogP contribution in [0.5, 0.6) is 0 Å². The molecule has 0 heterocycles. The van der Waals surface area contributed by atoms with Crippen LogP contribution in [0.2, 0.25) is 0 Å². The summed E-state index contributed by atoms with van der Waals surface area (Å²) in [6.45, 7) is 8.68. The van der Waals surface area contributed by atoms with E-state index in [1.807, 2.05) is 20.8 Å². The first kappa shape index (κ1) is 13.6. The Balaban J connectivity index is 4.50. The normalized spacial score (nSPS) is 15.1. The van der Waals surface area contributed by atoms with Crippen LogP contribution >= 0.6 is 0 Å². The minimum atomic E-state index is -0.487. The molecule has 0 radical (unpaired) electrons. The number of hydrogen-bond acceptors (Lipinski definition) is 2. The second-order valence-corrected chi connectivity index (χ2v) is 3.66. The van der Waals surface area contributed by atoms with Crippen LogP contribution in [-0.4, -0.2) is 18.0 Å². The Bertz CT molecular complexity index is 166. The number of Topliss-reactive ketones (excluding diaryl/α,β-unsaturated/α-hetero) is 1. The van der Waals surface area contributed by atoms with E-state index in [2.05, 4.69) is 6.92 Å². The summed E-state index contributed by atoms with van der Waals surface area (Å²) in [7, 11) is 0. The van der Waals surface area contributed by atoms with E-state index in [4.69, 9.17) is 4.74 Å². The van der Waals surface area contributed by atoms with E-state index in [1.165, 1.54) is 0 Å². The van der Waals surface area contributed by atoms with Gasteiger partial charge in [0.2, 0.25) is 0 Å². The molecule has 0 aromatic rings. The summed E-state index contributed by atoms with van der Waals surface area (Å²) in [4.78, 5) is 11.8. The molecule has 2 nitrogen and oxygen atoms in total. The quantitative estimate of drug-likeness (QED) is 0.600. The van der Waals surface area contributed by atoms with E-state index in [0.29, 0.717) is 13.0 Å². The van der Waals surface area contributed by atoms with E-state index in [1.54, 1.807) is 0 Å². The fourth-order valence-electron chi connectivity index (χ4n) is 1.83. The van der Waals surface area contributed by atoms with Crippen LogP contribution < -0.4 is 0 Å². The smallest absolute Gasteiger partial charge is 0.164 e. The second-order valence-electron chi connectivity index (χ2n) is 3.66. The van der Waals surface area contributed by atoms with Gasteiger partial charge in [0.25, 0.3) is 0 Å². The third-order valence-electron chi connectivity index (χ3n) is 2.76. The molecule has 14 heavy (non-hydrogen) atoms. The lowest BCUT2D eigenvalue weighted by Gasteiger charge is -2.30. The molecule has 2 heteroatoms. The standard InChI is InChI=1S/C12H24O2/c1-5-9-10-12(7-3,14-8-4)11(13)6-2/h5-10H2,1-4H3. The lowest BCUT2D eigenvalue weighted by Crippen LogP contribution is -2.40. The molecule has 0 rings (SSSR count). The average molecular weight is 200 g/mol. The van der Waals surface area contributed by atoms with Crippen molar-refractivity contribution in [1.29, 1.82) is 0 Å². The van der Waals surface area contributed by atoms with Gasteiger partial charge in [0.05, 0.1) is 0 Å². The van der Waals surface area contributed by atoms with E-state index >= 15 is 0 Å². The Morgan fingerprint density at radius 1 is 1.21 bits per heavy atom. The van der Waals surface area contributed by atoms with E-state index in [9.17, 15) is 4.79 Å². The van der Waals surface area contributed by atoms with Crippen molar-refractivity contribution in [3.63, 3.8) is 0 Å². The molecule has 1 atom stereocenters. The van der Waals surface area contributed by atoms with Crippen molar-refractivity contribution < 1.29 is 9.53 Å². The first-order valence-corrected chi connectivity index (χ1v) is 5.84. The lowest BCUT2D eigenvalue weighted by atomic mass is 9.87. The molecular formula is C12H24O2. The molecule has 0 aromatic heterocycles. The highest BCUT2D eigenvalue weighted by Crippen LogP contribution is 2.25. The molecule has 0 aliphatic carbocycles. The largest absolute Gasteiger partial charge is 0.368 e. The number of hydrogen-bond donors (Lipinski definition) is 0. The maximum absolute atomic E-state index is 11.8. The molecule has 0 amide bonds. The van der Waals surface area contributed by atoms with Crippen molar-refractivity contribution in [1.82, 2.24) is 0 Å². The highest BCUT2D eigenvalue weighted by molar-refractivity contribution is 5.87. The minimum absolute atomic E-state index is 0.260. The molecule has 0 spiro atoms. The number of ether oxygens (including phenoxy) is 1. The van der Waals surface area contributed by atoms with Crippen LogP contribution in [0.15, 0.2) is 0 Å². The fraction of sp³-hybridized carbons (Fsp3) is 0.917. The van der Waals surface area contributed by atoms with Gasteiger partial charge in [-0.1, -0.05) is 33.6 Å². The van der Waals surface area contributed by atoms with E-state index in [-0.39, 0.29) is 5.78 Å². The molecule has 0 aliphatic heterocycles. The van der Waals surface area contributed by atoms with Gasteiger partial charge in [0.15, 0.2) is 5.78 Å². The van der Waals surface area contributed by atoms with Crippen molar-refractivity contribution >= 4 is 5.78 Å². The van der Waals surface area contributed by atoms with Gasteiger partial charge in [0, 0.05) is 13.0 Å². The maximum atomic E-state index is 11.8. The molecule has 0 saturated carbocycles. The molecule has 0 fully saturated rings.